The van der Waals surface area contributed by atoms with E-state index in [0.29, 0.717) is 5.95 Å². The van der Waals surface area contributed by atoms with Crippen LogP contribution in [0.1, 0.15) is 36.7 Å². The minimum atomic E-state index is 0.276. The van der Waals surface area contributed by atoms with E-state index in [9.17, 15) is 0 Å². The van der Waals surface area contributed by atoms with E-state index in [4.69, 9.17) is 5.73 Å². The highest BCUT2D eigenvalue weighted by Crippen LogP contribution is 2.21. The zero-order valence-corrected chi connectivity index (χ0v) is 14.8. The number of hydrogen-bond acceptors (Lipinski definition) is 5. The van der Waals surface area contributed by atoms with Crippen molar-refractivity contribution in [1.82, 2.24) is 15.0 Å². The van der Waals surface area contributed by atoms with Crippen molar-refractivity contribution >= 4 is 17.6 Å². The summed E-state index contributed by atoms with van der Waals surface area (Å²) in [7, 11) is 0. The number of rotatable bonds is 4. The Kier molecular flexibility index (Phi) is 4.94. The third-order valence-corrected chi connectivity index (χ3v) is 4.94. The van der Waals surface area contributed by atoms with Crippen LogP contribution in [-0.2, 0) is 6.54 Å². The van der Waals surface area contributed by atoms with Crippen molar-refractivity contribution in [2.75, 3.05) is 24.1 Å². The van der Waals surface area contributed by atoms with Crippen LogP contribution in [0, 0.1) is 19.8 Å². The lowest BCUT2D eigenvalue weighted by molar-refractivity contribution is -0.920. The van der Waals surface area contributed by atoms with Crippen LogP contribution in [0.2, 0.25) is 0 Å². The minimum absolute atomic E-state index is 0.276. The van der Waals surface area contributed by atoms with Crippen molar-refractivity contribution in [3.8, 4) is 0 Å². The number of piperidine rings is 1. The molecule has 6 nitrogen and oxygen atoms in total. The third kappa shape index (κ3) is 4.00. The number of aryl methyl sites for hydroxylation is 1. The molecule has 0 radical (unpaired) electrons. The SMILES string of the molecule is Cc1cccc(Nc2nc(N)nc(C[NH+]3CCC(C)CC3)n2)c1C. The molecule has 6 heteroatoms. The molecule has 2 aromatic rings. The molecule has 0 bridgehead atoms. The van der Waals surface area contributed by atoms with Gasteiger partial charge >= 0.3 is 0 Å². The molecule has 0 amide bonds. The van der Waals surface area contributed by atoms with Gasteiger partial charge in [0.1, 0.15) is 6.54 Å². The lowest BCUT2D eigenvalue weighted by Gasteiger charge is -2.26. The lowest BCUT2D eigenvalue weighted by Crippen LogP contribution is -3.11. The van der Waals surface area contributed by atoms with Gasteiger partial charge in [0.25, 0.3) is 0 Å². The summed E-state index contributed by atoms with van der Waals surface area (Å²) in [6.07, 6.45) is 2.53. The maximum absolute atomic E-state index is 5.90. The molecule has 0 spiro atoms. The molecular formula is C18H27N6+. The fraction of sp³-hybridized carbons (Fsp3) is 0.500. The molecule has 1 aromatic heterocycles. The summed E-state index contributed by atoms with van der Waals surface area (Å²) in [4.78, 5) is 14.7. The Bertz CT molecular complexity index is 707. The van der Waals surface area contributed by atoms with Gasteiger partial charge in [-0.15, -0.1) is 0 Å². The normalized spacial score (nSPS) is 20.8. The molecule has 1 saturated heterocycles. The van der Waals surface area contributed by atoms with E-state index in [2.05, 4.69) is 47.1 Å². The number of aromatic nitrogens is 3. The van der Waals surface area contributed by atoms with Crippen LogP contribution in [0.5, 0.6) is 0 Å². The van der Waals surface area contributed by atoms with E-state index in [1.165, 1.54) is 42.0 Å². The Hall–Kier alpha value is -2.21. The minimum Gasteiger partial charge on any atom is -0.368 e. The molecule has 1 aliphatic heterocycles. The summed E-state index contributed by atoms with van der Waals surface area (Å²) >= 11 is 0. The van der Waals surface area contributed by atoms with Crippen LogP contribution >= 0.6 is 0 Å². The monoisotopic (exact) mass is 327 g/mol. The highest BCUT2D eigenvalue weighted by Gasteiger charge is 2.20. The number of benzene rings is 1. The molecule has 0 atom stereocenters. The number of nitrogen functional groups attached to an aromatic ring is 1. The van der Waals surface area contributed by atoms with Gasteiger partial charge in [-0.05, 0) is 49.8 Å². The first-order valence-corrected chi connectivity index (χ1v) is 8.68. The van der Waals surface area contributed by atoms with E-state index < -0.39 is 0 Å². The fourth-order valence-corrected chi connectivity index (χ4v) is 3.15. The van der Waals surface area contributed by atoms with E-state index in [-0.39, 0.29) is 5.95 Å². The number of hydrogen-bond donors (Lipinski definition) is 3. The average Bonchev–Trinajstić information content (AvgIpc) is 2.54. The molecule has 128 valence electrons. The Morgan fingerprint density at radius 1 is 1.17 bits per heavy atom. The highest BCUT2D eigenvalue weighted by atomic mass is 15.2. The second kappa shape index (κ2) is 7.13. The van der Waals surface area contributed by atoms with E-state index in [0.717, 1.165) is 24.0 Å². The van der Waals surface area contributed by atoms with E-state index in [1.807, 2.05) is 12.1 Å². The number of nitrogens with zero attached hydrogens (tertiary/aromatic N) is 3. The number of nitrogens with one attached hydrogen (secondary N) is 2. The quantitative estimate of drug-likeness (QED) is 0.795. The second-order valence-electron chi connectivity index (χ2n) is 6.92. The lowest BCUT2D eigenvalue weighted by atomic mass is 9.99. The van der Waals surface area contributed by atoms with E-state index in [1.54, 1.807) is 0 Å². The predicted molar refractivity (Wildman–Crippen MR) is 96.2 cm³/mol. The maximum Gasteiger partial charge on any atom is 0.232 e. The van der Waals surface area contributed by atoms with Gasteiger partial charge in [-0.2, -0.15) is 15.0 Å². The predicted octanol–water partition coefficient (Wildman–Crippen LogP) is 1.63. The molecule has 1 aliphatic rings. The summed E-state index contributed by atoms with van der Waals surface area (Å²) in [5.41, 5.74) is 9.32. The van der Waals surface area contributed by atoms with E-state index >= 15 is 0 Å². The average molecular weight is 327 g/mol. The summed E-state index contributed by atoms with van der Waals surface area (Å²) in [6, 6.07) is 6.14. The summed E-state index contributed by atoms with van der Waals surface area (Å²) < 4.78 is 0. The molecule has 4 N–H and O–H groups in total. The van der Waals surface area contributed by atoms with Gasteiger partial charge < -0.3 is 16.0 Å². The topological polar surface area (TPSA) is 81.2 Å². The van der Waals surface area contributed by atoms with Crippen molar-refractivity contribution in [1.29, 1.82) is 0 Å². The molecule has 3 rings (SSSR count). The van der Waals surface area contributed by atoms with Gasteiger partial charge in [0, 0.05) is 5.69 Å². The zero-order chi connectivity index (χ0) is 17.1. The molecule has 2 heterocycles. The molecule has 1 aromatic carbocycles. The highest BCUT2D eigenvalue weighted by molar-refractivity contribution is 5.60. The third-order valence-electron chi connectivity index (χ3n) is 4.94. The van der Waals surface area contributed by atoms with Gasteiger partial charge in [-0.25, -0.2) is 0 Å². The zero-order valence-electron chi connectivity index (χ0n) is 14.8. The summed E-state index contributed by atoms with van der Waals surface area (Å²) in [5.74, 6) is 2.40. The number of quaternary nitrogens is 1. The van der Waals surface area contributed by atoms with Crippen LogP contribution in [0.15, 0.2) is 18.2 Å². The summed E-state index contributed by atoms with van der Waals surface area (Å²) in [5, 5.41) is 3.29. The molecule has 0 aliphatic carbocycles. The van der Waals surface area contributed by atoms with Crippen molar-refractivity contribution in [2.24, 2.45) is 5.92 Å². The van der Waals surface area contributed by atoms with Gasteiger partial charge in [-0.1, -0.05) is 19.1 Å². The van der Waals surface area contributed by atoms with Crippen LogP contribution in [0.25, 0.3) is 0 Å². The van der Waals surface area contributed by atoms with Crippen LogP contribution in [-0.4, -0.2) is 28.0 Å². The Balaban J connectivity index is 1.75. The smallest absolute Gasteiger partial charge is 0.232 e. The first-order valence-electron chi connectivity index (χ1n) is 8.68. The second-order valence-corrected chi connectivity index (χ2v) is 6.92. The Morgan fingerprint density at radius 3 is 2.67 bits per heavy atom. The maximum atomic E-state index is 5.90. The molecule has 0 unspecified atom stereocenters. The largest absolute Gasteiger partial charge is 0.368 e. The molecule has 24 heavy (non-hydrogen) atoms. The Morgan fingerprint density at radius 2 is 1.92 bits per heavy atom. The molecular weight excluding hydrogens is 300 g/mol. The number of nitrogens with two attached hydrogens (primary N) is 1. The van der Waals surface area contributed by atoms with Crippen LogP contribution in [0.4, 0.5) is 17.6 Å². The fourth-order valence-electron chi connectivity index (χ4n) is 3.15. The first-order chi connectivity index (χ1) is 11.5. The van der Waals surface area contributed by atoms with Crippen molar-refractivity contribution in [2.45, 2.75) is 40.2 Å². The van der Waals surface area contributed by atoms with Crippen molar-refractivity contribution in [3.63, 3.8) is 0 Å². The van der Waals surface area contributed by atoms with Gasteiger partial charge in [0.2, 0.25) is 11.9 Å². The first kappa shape index (κ1) is 16.6. The van der Waals surface area contributed by atoms with Crippen LogP contribution in [0.3, 0.4) is 0 Å². The standard InChI is InChI=1S/C18H26N6/c1-12-7-9-24(10-8-12)11-16-21-17(19)23-18(22-16)20-15-6-4-5-13(2)14(15)3/h4-6,12H,7-11H2,1-3H3,(H3,19,20,21,22,23)/p+1. The number of anilines is 3. The van der Waals surface area contributed by atoms with Crippen LogP contribution < -0.4 is 16.0 Å². The van der Waals surface area contributed by atoms with Gasteiger partial charge in [0.15, 0.2) is 5.82 Å². The Labute approximate surface area is 143 Å². The van der Waals surface area contributed by atoms with Crippen molar-refractivity contribution in [3.05, 3.63) is 35.2 Å². The molecule has 0 saturated carbocycles. The van der Waals surface area contributed by atoms with Gasteiger partial charge in [-0.3, -0.25) is 0 Å². The number of likely N-dealkylation sites (tertiary alicyclic amines) is 1. The van der Waals surface area contributed by atoms with Gasteiger partial charge in [0.05, 0.1) is 13.1 Å². The van der Waals surface area contributed by atoms with Crippen molar-refractivity contribution < 1.29 is 4.90 Å². The molecule has 1 fully saturated rings. The summed E-state index contributed by atoms with van der Waals surface area (Å²) in [6.45, 7) is 9.65.